The van der Waals surface area contributed by atoms with Gasteiger partial charge in [0.2, 0.25) is 0 Å². The predicted molar refractivity (Wildman–Crippen MR) is 104 cm³/mol. The summed E-state index contributed by atoms with van der Waals surface area (Å²) in [6, 6.07) is 7.61. The molecular weight excluding hydrogens is 338 g/mol. The number of amides is 1. The van der Waals surface area contributed by atoms with Crippen molar-refractivity contribution in [3.63, 3.8) is 0 Å². The summed E-state index contributed by atoms with van der Waals surface area (Å²) < 4.78 is 0. The van der Waals surface area contributed by atoms with Crippen molar-refractivity contribution < 1.29 is 4.79 Å². The zero-order valence-electron chi connectivity index (χ0n) is 15.6. The van der Waals surface area contributed by atoms with Crippen LogP contribution in [-0.4, -0.2) is 37.8 Å². The van der Waals surface area contributed by atoms with E-state index in [-0.39, 0.29) is 11.9 Å². The van der Waals surface area contributed by atoms with Crippen LogP contribution in [0, 0.1) is 0 Å². The van der Waals surface area contributed by atoms with Crippen LogP contribution in [0.3, 0.4) is 0 Å². The van der Waals surface area contributed by atoms with Gasteiger partial charge in [-0.1, -0.05) is 25.8 Å². The van der Waals surface area contributed by atoms with Crippen molar-refractivity contribution in [1.82, 2.24) is 24.8 Å². The van der Waals surface area contributed by atoms with Gasteiger partial charge >= 0.3 is 0 Å². The lowest BCUT2D eigenvalue weighted by atomic mass is 10.0. The number of hydrogen-bond donors (Lipinski definition) is 0. The summed E-state index contributed by atoms with van der Waals surface area (Å²) in [4.78, 5) is 31.7. The average molecular weight is 361 g/mol. The van der Waals surface area contributed by atoms with Gasteiger partial charge in [-0.25, -0.2) is 9.97 Å². The van der Waals surface area contributed by atoms with Gasteiger partial charge in [0, 0.05) is 49.8 Å². The number of carbonyl (C=O) groups excluding carboxylic acids is 1. The number of hydrogen-bond acceptors (Lipinski definition) is 5. The van der Waals surface area contributed by atoms with E-state index in [1.165, 1.54) is 0 Å². The first kappa shape index (κ1) is 18.6. The number of rotatable bonds is 7. The third kappa shape index (κ3) is 4.53. The molecule has 138 valence electrons. The molecule has 0 saturated heterocycles. The largest absolute Gasteiger partial charge is 0.335 e. The molecule has 27 heavy (non-hydrogen) atoms. The Balaban J connectivity index is 1.80. The predicted octanol–water partition coefficient (Wildman–Crippen LogP) is 3.94. The number of unbranched alkanes of at least 4 members (excludes halogenated alkanes) is 1. The monoisotopic (exact) mass is 361 g/mol. The van der Waals surface area contributed by atoms with Crippen LogP contribution in [0.2, 0.25) is 0 Å². The van der Waals surface area contributed by atoms with Crippen molar-refractivity contribution in [2.45, 2.75) is 32.2 Å². The van der Waals surface area contributed by atoms with Crippen molar-refractivity contribution in [2.24, 2.45) is 0 Å². The molecule has 3 heterocycles. The van der Waals surface area contributed by atoms with Crippen molar-refractivity contribution in [1.29, 1.82) is 0 Å². The summed E-state index contributed by atoms with van der Waals surface area (Å²) >= 11 is 0. The maximum absolute atomic E-state index is 13.0. The molecule has 0 aromatic carbocycles. The number of pyridine rings is 2. The summed E-state index contributed by atoms with van der Waals surface area (Å²) in [6.07, 6.45) is 13.1. The average Bonchev–Trinajstić information content (AvgIpc) is 2.75. The second-order valence-corrected chi connectivity index (χ2v) is 6.40. The van der Waals surface area contributed by atoms with Gasteiger partial charge in [-0.2, -0.15) is 0 Å². The molecule has 1 atom stereocenters. The molecule has 0 bridgehead atoms. The van der Waals surface area contributed by atoms with E-state index in [0.717, 1.165) is 30.4 Å². The van der Waals surface area contributed by atoms with Crippen LogP contribution in [0.25, 0.3) is 11.4 Å². The first-order valence-corrected chi connectivity index (χ1v) is 9.10. The van der Waals surface area contributed by atoms with E-state index in [1.54, 1.807) is 35.9 Å². The fourth-order valence-corrected chi connectivity index (χ4v) is 2.98. The topological polar surface area (TPSA) is 71.9 Å². The first-order chi connectivity index (χ1) is 13.2. The number of nitrogens with zero attached hydrogens (tertiary/aromatic N) is 5. The molecule has 6 nitrogen and oxygen atoms in total. The van der Waals surface area contributed by atoms with Crippen LogP contribution >= 0.6 is 0 Å². The molecule has 0 N–H and O–H groups in total. The molecule has 3 aromatic rings. The Morgan fingerprint density at radius 1 is 1.04 bits per heavy atom. The third-order valence-electron chi connectivity index (χ3n) is 4.51. The van der Waals surface area contributed by atoms with Gasteiger partial charge in [0.25, 0.3) is 5.91 Å². The normalized spacial score (nSPS) is 11.8. The second kappa shape index (κ2) is 8.98. The Labute approximate surface area is 159 Å². The Hall–Kier alpha value is -3.15. The van der Waals surface area contributed by atoms with E-state index in [2.05, 4.69) is 26.9 Å². The highest BCUT2D eigenvalue weighted by Crippen LogP contribution is 2.26. The summed E-state index contributed by atoms with van der Waals surface area (Å²) in [6.45, 7) is 2.15. The SMILES string of the molecule is CCCC[C@@H](c1cccnc1)N(C)C(=O)c1cnc(-c2cccnc2)nc1. The van der Waals surface area contributed by atoms with Gasteiger partial charge < -0.3 is 4.90 Å². The molecule has 0 spiro atoms. The van der Waals surface area contributed by atoms with Gasteiger partial charge in [-0.05, 0) is 30.2 Å². The summed E-state index contributed by atoms with van der Waals surface area (Å²) in [7, 11) is 1.82. The molecule has 3 aromatic heterocycles. The quantitative estimate of drug-likeness (QED) is 0.637. The zero-order valence-corrected chi connectivity index (χ0v) is 15.6. The standard InChI is InChI=1S/C21H23N5O/c1-3-4-9-19(16-7-5-10-22-12-16)26(2)21(27)18-14-24-20(25-15-18)17-8-6-11-23-13-17/h5-8,10-15,19H,3-4,9H2,1-2H3/t19-/m0/s1. The van der Waals surface area contributed by atoms with E-state index >= 15 is 0 Å². The number of carbonyl (C=O) groups is 1. The molecule has 0 radical (unpaired) electrons. The van der Waals surface area contributed by atoms with Gasteiger partial charge in [-0.3, -0.25) is 14.8 Å². The third-order valence-corrected chi connectivity index (χ3v) is 4.51. The molecular formula is C21H23N5O. The highest BCUT2D eigenvalue weighted by molar-refractivity contribution is 5.93. The summed E-state index contributed by atoms with van der Waals surface area (Å²) in [5, 5.41) is 0. The lowest BCUT2D eigenvalue weighted by molar-refractivity contribution is 0.0719. The number of aromatic nitrogens is 4. The highest BCUT2D eigenvalue weighted by Gasteiger charge is 2.23. The molecule has 1 amide bonds. The summed E-state index contributed by atoms with van der Waals surface area (Å²) in [5.74, 6) is 0.454. The van der Waals surface area contributed by atoms with Gasteiger partial charge in [0.05, 0.1) is 11.6 Å². The maximum atomic E-state index is 13.0. The minimum Gasteiger partial charge on any atom is -0.335 e. The fourth-order valence-electron chi connectivity index (χ4n) is 2.98. The van der Waals surface area contributed by atoms with Crippen LogP contribution in [0.1, 0.15) is 48.1 Å². The lowest BCUT2D eigenvalue weighted by Crippen LogP contribution is -2.31. The smallest absolute Gasteiger partial charge is 0.257 e. The molecule has 0 aliphatic carbocycles. The molecule has 0 aliphatic heterocycles. The van der Waals surface area contributed by atoms with Crippen LogP contribution in [-0.2, 0) is 0 Å². The molecule has 0 fully saturated rings. The van der Waals surface area contributed by atoms with E-state index in [0.29, 0.717) is 11.4 Å². The van der Waals surface area contributed by atoms with E-state index in [1.807, 2.05) is 37.5 Å². The fraction of sp³-hybridized carbons (Fsp3) is 0.286. The van der Waals surface area contributed by atoms with Crippen molar-refractivity contribution in [3.8, 4) is 11.4 Å². The Morgan fingerprint density at radius 3 is 2.33 bits per heavy atom. The van der Waals surface area contributed by atoms with Crippen LogP contribution < -0.4 is 0 Å². The van der Waals surface area contributed by atoms with Gasteiger partial charge in [-0.15, -0.1) is 0 Å². The van der Waals surface area contributed by atoms with Gasteiger partial charge in [0.15, 0.2) is 5.82 Å². The van der Waals surface area contributed by atoms with Crippen molar-refractivity contribution in [2.75, 3.05) is 7.05 Å². The Bertz CT molecular complexity index is 853. The lowest BCUT2D eigenvalue weighted by Gasteiger charge is -2.28. The minimum atomic E-state index is -0.0994. The molecule has 0 aliphatic rings. The Morgan fingerprint density at radius 2 is 1.74 bits per heavy atom. The van der Waals surface area contributed by atoms with Crippen molar-refractivity contribution >= 4 is 5.91 Å². The summed E-state index contributed by atoms with van der Waals surface area (Å²) in [5.41, 5.74) is 2.33. The van der Waals surface area contributed by atoms with Crippen LogP contribution in [0.15, 0.2) is 61.4 Å². The highest BCUT2D eigenvalue weighted by atomic mass is 16.2. The molecule has 6 heteroatoms. The Kier molecular flexibility index (Phi) is 6.20. The van der Waals surface area contributed by atoms with Crippen molar-refractivity contribution in [3.05, 3.63) is 72.6 Å². The van der Waals surface area contributed by atoms with Crippen LogP contribution in [0.4, 0.5) is 0 Å². The molecule has 0 saturated carbocycles. The van der Waals surface area contributed by atoms with E-state index < -0.39 is 0 Å². The molecule has 0 unspecified atom stereocenters. The first-order valence-electron chi connectivity index (χ1n) is 9.10. The zero-order chi connectivity index (χ0) is 19.1. The molecule has 3 rings (SSSR count). The maximum Gasteiger partial charge on any atom is 0.257 e. The van der Waals surface area contributed by atoms with Crippen LogP contribution in [0.5, 0.6) is 0 Å². The van der Waals surface area contributed by atoms with Gasteiger partial charge in [0.1, 0.15) is 0 Å². The second-order valence-electron chi connectivity index (χ2n) is 6.40. The minimum absolute atomic E-state index is 0.0239. The van der Waals surface area contributed by atoms with E-state index in [9.17, 15) is 4.79 Å². The van der Waals surface area contributed by atoms with E-state index in [4.69, 9.17) is 0 Å².